The fraction of sp³-hybridized carbons (Fsp3) is 0.769. The third kappa shape index (κ3) is 5.46. The Morgan fingerprint density at radius 3 is 2.71 bits per heavy atom. The van der Waals surface area contributed by atoms with Crippen molar-refractivity contribution in [1.82, 2.24) is 9.88 Å². The van der Waals surface area contributed by atoms with Crippen molar-refractivity contribution in [1.29, 1.82) is 5.26 Å². The number of rotatable bonds is 6. The molecule has 1 fully saturated rings. The molecule has 1 saturated carbocycles. The summed E-state index contributed by atoms with van der Waals surface area (Å²) in [6.45, 7) is 12.8. The fourth-order valence-corrected chi connectivity index (χ4v) is 7.38. The van der Waals surface area contributed by atoms with Crippen LogP contribution in [0.2, 0.25) is 0 Å². The lowest BCUT2D eigenvalue weighted by molar-refractivity contribution is -0.143. The molecule has 2 aliphatic carbocycles. The van der Waals surface area contributed by atoms with Crippen LogP contribution in [0.5, 0.6) is 0 Å². The van der Waals surface area contributed by atoms with Gasteiger partial charge in [-0.2, -0.15) is 5.26 Å². The van der Waals surface area contributed by atoms with Crippen molar-refractivity contribution < 1.29 is 14.7 Å². The largest absolute Gasteiger partial charge is 0.392 e. The molecule has 0 aliphatic heterocycles. The Labute approximate surface area is 207 Å². The number of carbonyl (C=O) groups excluding carboxylic acids is 2. The highest BCUT2D eigenvalue weighted by Crippen LogP contribution is 2.57. The number of carbonyl (C=O) groups is 2. The lowest BCUT2D eigenvalue weighted by Gasteiger charge is -2.53. The fourth-order valence-electron chi connectivity index (χ4n) is 6.10. The molecule has 0 saturated heterocycles. The predicted octanol–water partition coefficient (Wildman–Crippen LogP) is 4.58. The smallest absolute Gasteiger partial charge is 0.226 e. The number of thiazole rings is 1. The van der Waals surface area contributed by atoms with Gasteiger partial charge in [-0.1, -0.05) is 41.5 Å². The van der Waals surface area contributed by atoms with E-state index in [4.69, 9.17) is 10.2 Å². The zero-order chi connectivity index (χ0) is 25.4. The van der Waals surface area contributed by atoms with Crippen molar-refractivity contribution in [3.63, 3.8) is 0 Å². The van der Waals surface area contributed by atoms with Crippen LogP contribution in [0.25, 0.3) is 0 Å². The molecule has 2 amide bonds. The Morgan fingerprint density at radius 2 is 2.09 bits per heavy atom. The van der Waals surface area contributed by atoms with Gasteiger partial charge < -0.3 is 15.3 Å². The number of anilines is 1. The molecule has 1 aromatic heterocycles. The monoisotopic (exact) mass is 488 g/mol. The standard InChI is InChI=1S/C26H40N4O3S/c1-15(23(33)30(7)12-8-11-27)17-9-10-26(6)13-18-21(16(2)20(26)22(17)32)29-24(34-18)28-19(31)14-25(3,4)5/h15-17,20,22,32H,8-10,12-14H2,1-7H3,(H,28,29,31)/t15-,16+,17+,20+,22-,26+/m0/s1. The zero-order valence-electron chi connectivity index (χ0n) is 21.6. The number of nitrogens with one attached hydrogen (secondary N) is 1. The highest BCUT2D eigenvalue weighted by molar-refractivity contribution is 7.15. The number of fused-ring (bicyclic) bond motifs is 2. The van der Waals surface area contributed by atoms with E-state index in [0.717, 1.165) is 25.0 Å². The van der Waals surface area contributed by atoms with Crippen LogP contribution in [-0.2, 0) is 16.0 Å². The van der Waals surface area contributed by atoms with E-state index in [9.17, 15) is 14.7 Å². The first-order valence-electron chi connectivity index (χ1n) is 12.4. The van der Waals surface area contributed by atoms with Crippen LogP contribution >= 0.6 is 11.3 Å². The van der Waals surface area contributed by atoms with Crippen molar-refractivity contribution in [3.05, 3.63) is 10.6 Å². The molecule has 0 radical (unpaired) electrons. The van der Waals surface area contributed by atoms with Crippen LogP contribution in [0.15, 0.2) is 0 Å². The summed E-state index contributed by atoms with van der Waals surface area (Å²) in [7, 11) is 1.73. The average Bonchev–Trinajstić information content (AvgIpc) is 3.11. The molecule has 0 unspecified atom stereocenters. The first kappa shape index (κ1) is 26.6. The topological polar surface area (TPSA) is 106 Å². The minimum absolute atomic E-state index is 0.00126. The van der Waals surface area contributed by atoms with Crippen molar-refractivity contribution in [2.24, 2.45) is 28.6 Å². The molecule has 2 N–H and O–H groups in total. The van der Waals surface area contributed by atoms with Crippen LogP contribution in [0, 0.1) is 39.9 Å². The van der Waals surface area contributed by atoms with E-state index in [1.54, 1.807) is 23.3 Å². The summed E-state index contributed by atoms with van der Waals surface area (Å²) in [4.78, 5) is 33.0. The van der Waals surface area contributed by atoms with Gasteiger partial charge in [-0.15, -0.1) is 11.3 Å². The number of hydrogen-bond acceptors (Lipinski definition) is 6. The van der Waals surface area contributed by atoms with E-state index >= 15 is 0 Å². The number of hydrogen-bond donors (Lipinski definition) is 2. The molecule has 1 aromatic rings. The number of aromatic nitrogens is 1. The zero-order valence-corrected chi connectivity index (χ0v) is 22.5. The van der Waals surface area contributed by atoms with Gasteiger partial charge in [0.15, 0.2) is 5.13 Å². The Kier molecular flexibility index (Phi) is 7.79. The molecule has 8 heteroatoms. The van der Waals surface area contributed by atoms with Gasteiger partial charge in [0.25, 0.3) is 0 Å². The SMILES string of the molecule is C[C@H](C(=O)N(C)CCC#N)[C@H]1CC[C@]2(C)Cc3sc(NC(=O)CC(C)(C)C)nc3[C@H](C)[C@@H]2[C@H]1O. The molecule has 0 aromatic carbocycles. The van der Waals surface area contributed by atoms with Crippen LogP contribution in [0.4, 0.5) is 5.13 Å². The summed E-state index contributed by atoms with van der Waals surface area (Å²) in [6.07, 6.45) is 2.70. The van der Waals surface area contributed by atoms with Crippen molar-refractivity contribution in [2.45, 2.75) is 85.7 Å². The van der Waals surface area contributed by atoms with E-state index in [1.807, 2.05) is 27.7 Å². The normalized spacial score (nSPS) is 29.4. The van der Waals surface area contributed by atoms with Gasteiger partial charge in [-0.25, -0.2) is 4.98 Å². The number of nitrogens with zero attached hydrogens (tertiary/aromatic N) is 3. The molecule has 6 atom stereocenters. The Balaban J connectivity index is 1.78. The van der Waals surface area contributed by atoms with E-state index < -0.39 is 6.10 Å². The third-order valence-corrected chi connectivity index (χ3v) is 8.81. The third-order valence-electron chi connectivity index (χ3n) is 7.83. The van der Waals surface area contributed by atoms with Crippen molar-refractivity contribution in [2.75, 3.05) is 18.9 Å². The molecular formula is C26H40N4O3S. The Hall–Kier alpha value is -1.98. The van der Waals surface area contributed by atoms with Gasteiger partial charge in [0.2, 0.25) is 11.8 Å². The number of aliphatic hydroxyl groups is 1. The number of aliphatic hydroxyl groups excluding tert-OH is 1. The second kappa shape index (κ2) is 9.94. The van der Waals surface area contributed by atoms with Crippen LogP contribution < -0.4 is 5.32 Å². The average molecular weight is 489 g/mol. The maximum absolute atomic E-state index is 13.0. The van der Waals surface area contributed by atoms with Crippen LogP contribution in [0.3, 0.4) is 0 Å². The molecule has 3 rings (SSSR count). The minimum atomic E-state index is -0.606. The highest BCUT2D eigenvalue weighted by atomic mass is 32.1. The number of amides is 2. The van der Waals surface area contributed by atoms with E-state index in [-0.39, 0.29) is 46.3 Å². The summed E-state index contributed by atoms with van der Waals surface area (Å²) in [5, 5.41) is 24.0. The molecular weight excluding hydrogens is 448 g/mol. The van der Waals surface area contributed by atoms with Gasteiger partial charge in [-0.3, -0.25) is 9.59 Å². The number of nitriles is 1. The molecule has 188 valence electrons. The van der Waals surface area contributed by atoms with Gasteiger partial charge in [-0.05, 0) is 41.9 Å². The second-order valence-electron chi connectivity index (χ2n) is 11.9. The minimum Gasteiger partial charge on any atom is -0.392 e. The molecule has 0 bridgehead atoms. The van der Waals surface area contributed by atoms with E-state index in [0.29, 0.717) is 24.5 Å². The predicted molar refractivity (Wildman–Crippen MR) is 134 cm³/mol. The summed E-state index contributed by atoms with van der Waals surface area (Å²) >= 11 is 1.56. The van der Waals surface area contributed by atoms with Crippen LogP contribution in [-0.4, -0.2) is 46.5 Å². The Bertz CT molecular complexity index is 962. The molecule has 1 heterocycles. The molecule has 34 heavy (non-hydrogen) atoms. The molecule has 0 spiro atoms. The van der Waals surface area contributed by atoms with E-state index in [1.165, 1.54) is 4.88 Å². The van der Waals surface area contributed by atoms with Crippen molar-refractivity contribution >= 4 is 28.3 Å². The summed E-state index contributed by atoms with van der Waals surface area (Å²) in [6, 6.07) is 2.09. The molecule has 7 nitrogen and oxygen atoms in total. The van der Waals surface area contributed by atoms with Crippen LogP contribution in [0.1, 0.15) is 83.7 Å². The van der Waals surface area contributed by atoms with E-state index in [2.05, 4.69) is 25.2 Å². The van der Waals surface area contributed by atoms with Gasteiger partial charge in [0.05, 0.1) is 24.3 Å². The summed E-state index contributed by atoms with van der Waals surface area (Å²) < 4.78 is 0. The molecule has 2 aliphatic rings. The van der Waals surface area contributed by atoms with Gasteiger partial charge in [0, 0.05) is 36.7 Å². The van der Waals surface area contributed by atoms with Gasteiger partial charge >= 0.3 is 0 Å². The maximum Gasteiger partial charge on any atom is 0.226 e. The first-order chi connectivity index (χ1) is 15.8. The summed E-state index contributed by atoms with van der Waals surface area (Å²) in [5.74, 6) is -0.427. The van der Waals surface area contributed by atoms with Crippen molar-refractivity contribution in [3.8, 4) is 6.07 Å². The Morgan fingerprint density at radius 1 is 1.41 bits per heavy atom. The quantitative estimate of drug-likeness (QED) is 0.610. The lowest BCUT2D eigenvalue weighted by Crippen LogP contribution is -2.53. The van der Waals surface area contributed by atoms with Gasteiger partial charge in [0.1, 0.15) is 0 Å². The second-order valence-corrected chi connectivity index (χ2v) is 13.0. The highest BCUT2D eigenvalue weighted by Gasteiger charge is 2.54. The lowest BCUT2D eigenvalue weighted by atomic mass is 9.53. The first-order valence-corrected chi connectivity index (χ1v) is 13.2. The maximum atomic E-state index is 13.0. The summed E-state index contributed by atoms with van der Waals surface area (Å²) in [5.41, 5.74) is 0.812.